The third-order valence-corrected chi connectivity index (χ3v) is 3.68. The first-order valence-electron chi connectivity index (χ1n) is 7.55. The van der Waals surface area contributed by atoms with Gasteiger partial charge in [0.15, 0.2) is 0 Å². The molecule has 0 bridgehead atoms. The van der Waals surface area contributed by atoms with E-state index in [-0.39, 0.29) is 6.61 Å². The summed E-state index contributed by atoms with van der Waals surface area (Å²) < 4.78 is 7.60. The Morgan fingerprint density at radius 3 is 2.59 bits per heavy atom. The minimum atomic E-state index is -0.0462. The van der Waals surface area contributed by atoms with Gasteiger partial charge in [0.1, 0.15) is 11.4 Å². The summed E-state index contributed by atoms with van der Waals surface area (Å²) in [6, 6.07) is 13.8. The van der Waals surface area contributed by atoms with E-state index in [4.69, 9.17) is 4.74 Å². The second-order valence-electron chi connectivity index (χ2n) is 5.30. The van der Waals surface area contributed by atoms with Crippen molar-refractivity contribution in [2.45, 2.75) is 26.9 Å². The Morgan fingerprint density at radius 2 is 1.91 bits per heavy atom. The van der Waals surface area contributed by atoms with E-state index in [1.165, 1.54) is 0 Å². The normalized spacial score (nSPS) is 11.0. The molecule has 1 aromatic carbocycles. The third-order valence-electron chi connectivity index (χ3n) is 3.68. The van der Waals surface area contributed by atoms with Crippen molar-refractivity contribution in [3.05, 3.63) is 53.9 Å². The summed E-state index contributed by atoms with van der Waals surface area (Å²) in [5, 5.41) is 9.78. The van der Waals surface area contributed by atoms with E-state index in [2.05, 4.69) is 11.9 Å². The van der Waals surface area contributed by atoms with Gasteiger partial charge in [0.25, 0.3) is 0 Å². The predicted octanol–water partition coefficient (Wildman–Crippen LogP) is 3.59. The number of ether oxygens (including phenoxy) is 1. The quantitative estimate of drug-likeness (QED) is 0.782. The van der Waals surface area contributed by atoms with Crippen LogP contribution < -0.4 is 4.74 Å². The molecule has 4 nitrogen and oxygen atoms in total. The molecule has 0 aliphatic carbocycles. The lowest BCUT2D eigenvalue weighted by atomic mass is 10.1. The van der Waals surface area contributed by atoms with Gasteiger partial charge in [0.05, 0.1) is 24.6 Å². The highest BCUT2D eigenvalue weighted by Crippen LogP contribution is 2.27. The second kappa shape index (κ2) is 6.20. The zero-order chi connectivity index (χ0) is 15.5. The highest BCUT2D eigenvalue weighted by molar-refractivity contribution is 5.67. The van der Waals surface area contributed by atoms with Crippen LogP contribution in [0.4, 0.5) is 0 Å². The zero-order valence-corrected chi connectivity index (χ0v) is 12.9. The van der Waals surface area contributed by atoms with E-state index in [1.807, 2.05) is 53.8 Å². The lowest BCUT2D eigenvalue weighted by Gasteiger charge is -2.06. The Labute approximate surface area is 130 Å². The highest BCUT2D eigenvalue weighted by atomic mass is 16.5. The number of aliphatic hydroxyl groups excluding tert-OH is 1. The van der Waals surface area contributed by atoms with Gasteiger partial charge in [-0.2, -0.15) is 0 Å². The Kier molecular flexibility index (Phi) is 4.11. The first-order chi connectivity index (χ1) is 10.7. The van der Waals surface area contributed by atoms with Gasteiger partial charge in [-0.3, -0.25) is 4.40 Å². The van der Waals surface area contributed by atoms with Crippen LogP contribution in [-0.2, 0) is 6.61 Å². The third kappa shape index (κ3) is 2.57. The summed E-state index contributed by atoms with van der Waals surface area (Å²) in [4.78, 5) is 4.67. The number of fused-ring (bicyclic) bond motifs is 1. The summed E-state index contributed by atoms with van der Waals surface area (Å²) in [6.45, 7) is 4.77. The fourth-order valence-corrected chi connectivity index (χ4v) is 2.63. The number of aromatic nitrogens is 2. The molecule has 0 aliphatic rings. The number of hydrogen-bond acceptors (Lipinski definition) is 3. The van der Waals surface area contributed by atoms with Crippen LogP contribution in [0.2, 0.25) is 0 Å². The van der Waals surface area contributed by atoms with Gasteiger partial charge in [-0.1, -0.05) is 13.0 Å². The molecule has 114 valence electrons. The first-order valence-corrected chi connectivity index (χ1v) is 7.55. The molecule has 2 aromatic heterocycles. The fraction of sp³-hybridized carbons (Fsp3) is 0.278. The molecule has 0 saturated carbocycles. The Morgan fingerprint density at radius 1 is 1.14 bits per heavy atom. The number of aryl methyl sites for hydroxylation is 1. The molecule has 1 N–H and O–H groups in total. The van der Waals surface area contributed by atoms with Gasteiger partial charge < -0.3 is 9.84 Å². The second-order valence-corrected chi connectivity index (χ2v) is 5.30. The van der Waals surface area contributed by atoms with Gasteiger partial charge in [-0.25, -0.2) is 4.98 Å². The molecule has 0 radical (unpaired) electrons. The minimum Gasteiger partial charge on any atom is -0.494 e. The van der Waals surface area contributed by atoms with E-state index >= 15 is 0 Å². The van der Waals surface area contributed by atoms with E-state index < -0.39 is 0 Å². The number of pyridine rings is 1. The Bertz CT molecular complexity index is 776. The monoisotopic (exact) mass is 296 g/mol. The van der Waals surface area contributed by atoms with Gasteiger partial charge in [-0.15, -0.1) is 0 Å². The summed E-state index contributed by atoms with van der Waals surface area (Å²) in [6.07, 6.45) is 0.988. The van der Waals surface area contributed by atoms with Crippen LogP contribution in [0.25, 0.3) is 16.9 Å². The number of rotatable bonds is 5. The van der Waals surface area contributed by atoms with E-state index in [1.54, 1.807) is 0 Å². The van der Waals surface area contributed by atoms with Crippen LogP contribution in [0.1, 0.15) is 24.7 Å². The van der Waals surface area contributed by atoms with E-state index in [0.717, 1.165) is 47.1 Å². The van der Waals surface area contributed by atoms with Gasteiger partial charge >= 0.3 is 0 Å². The van der Waals surface area contributed by atoms with Crippen molar-refractivity contribution in [2.24, 2.45) is 0 Å². The summed E-state index contributed by atoms with van der Waals surface area (Å²) >= 11 is 0. The van der Waals surface area contributed by atoms with Crippen LogP contribution in [-0.4, -0.2) is 21.1 Å². The number of imidazole rings is 1. The first kappa shape index (κ1) is 14.6. The van der Waals surface area contributed by atoms with Gasteiger partial charge in [0.2, 0.25) is 0 Å². The zero-order valence-electron chi connectivity index (χ0n) is 12.9. The smallest absolute Gasteiger partial charge is 0.137 e. The highest BCUT2D eigenvalue weighted by Gasteiger charge is 2.14. The van der Waals surface area contributed by atoms with Crippen molar-refractivity contribution < 1.29 is 9.84 Å². The minimum absolute atomic E-state index is 0.0462. The van der Waals surface area contributed by atoms with Gasteiger partial charge in [0, 0.05) is 11.3 Å². The van der Waals surface area contributed by atoms with Crippen LogP contribution in [0.3, 0.4) is 0 Å². The number of benzene rings is 1. The average molecular weight is 296 g/mol. The van der Waals surface area contributed by atoms with Crippen molar-refractivity contribution in [1.82, 2.24) is 9.38 Å². The number of nitrogens with zero attached hydrogens (tertiary/aromatic N) is 2. The molecular weight excluding hydrogens is 276 g/mol. The van der Waals surface area contributed by atoms with Crippen molar-refractivity contribution in [3.63, 3.8) is 0 Å². The maximum atomic E-state index is 9.78. The van der Waals surface area contributed by atoms with Crippen molar-refractivity contribution >= 4 is 5.65 Å². The maximum absolute atomic E-state index is 9.78. The Balaban J connectivity index is 2.04. The van der Waals surface area contributed by atoms with E-state index in [9.17, 15) is 5.11 Å². The molecule has 2 heterocycles. The van der Waals surface area contributed by atoms with Crippen LogP contribution in [0.5, 0.6) is 5.75 Å². The van der Waals surface area contributed by atoms with Crippen LogP contribution in [0.15, 0.2) is 42.5 Å². The lowest BCUT2D eigenvalue weighted by molar-refractivity contribution is 0.276. The molecular formula is C18H20N2O2. The van der Waals surface area contributed by atoms with Crippen molar-refractivity contribution in [3.8, 4) is 17.0 Å². The number of aliphatic hydroxyl groups is 1. The van der Waals surface area contributed by atoms with Crippen LogP contribution in [0, 0.1) is 6.92 Å². The molecule has 22 heavy (non-hydrogen) atoms. The predicted molar refractivity (Wildman–Crippen MR) is 87.1 cm³/mol. The molecule has 3 rings (SSSR count). The van der Waals surface area contributed by atoms with E-state index in [0.29, 0.717) is 0 Å². The Hall–Kier alpha value is -2.33. The lowest BCUT2D eigenvalue weighted by Crippen LogP contribution is -1.98. The van der Waals surface area contributed by atoms with Gasteiger partial charge in [-0.05, 0) is 49.7 Å². The molecule has 0 unspecified atom stereocenters. The molecule has 0 aliphatic heterocycles. The topological polar surface area (TPSA) is 46.8 Å². The molecule has 0 saturated heterocycles. The molecule has 0 spiro atoms. The molecule has 0 amide bonds. The molecule has 0 atom stereocenters. The SMILES string of the molecule is CCCOc1ccc(-c2nc3cccc(C)n3c2CO)cc1. The fourth-order valence-electron chi connectivity index (χ4n) is 2.63. The summed E-state index contributed by atoms with van der Waals surface area (Å²) in [7, 11) is 0. The standard InChI is InChI=1S/C18H20N2O2/c1-3-11-22-15-9-7-14(8-10-15)18-16(12-21)20-13(2)5-4-6-17(20)19-18/h4-10,21H,3,11-12H2,1-2H3. The van der Waals surface area contributed by atoms with Crippen LogP contribution >= 0.6 is 0 Å². The molecule has 4 heteroatoms. The maximum Gasteiger partial charge on any atom is 0.137 e. The largest absolute Gasteiger partial charge is 0.494 e. The van der Waals surface area contributed by atoms with Crippen molar-refractivity contribution in [2.75, 3.05) is 6.61 Å². The average Bonchev–Trinajstić information content (AvgIpc) is 2.93. The number of hydrogen-bond donors (Lipinski definition) is 1. The molecule has 0 fully saturated rings. The summed E-state index contributed by atoms with van der Waals surface area (Å²) in [5.41, 5.74) is 4.53. The summed E-state index contributed by atoms with van der Waals surface area (Å²) in [5.74, 6) is 0.857. The van der Waals surface area contributed by atoms with Crippen molar-refractivity contribution in [1.29, 1.82) is 0 Å². The molecule has 3 aromatic rings.